The van der Waals surface area contributed by atoms with Crippen LogP contribution in [-0.2, 0) is 0 Å². The highest BCUT2D eigenvalue weighted by atomic mass is 15.3. The summed E-state index contributed by atoms with van der Waals surface area (Å²) < 4.78 is 1.74. The Morgan fingerprint density at radius 2 is 2.44 bits per heavy atom. The summed E-state index contributed by atoms with van der Waals surface area (Å²) in [5.74, 6) is 1.53. The fourth-order valence-corrected chi connectivity index (χ4v) is 1.77. The van der Waals surface area contributed by atoms with E-state index in [9.17, 15) is 0 Å². The number of aliphatic imine (C=N–C) groups is 1. The maximum Gasteiger partial charge on any atom is 0.174 e. The standard InChI is InChI=1S/C11H11N5/c1-2-9-14-11-8(10-12-5-6-13-10)4-3-7-16(11)15-9/h2-4,7H,1,5-6H2,(H,12,13). The van der Waals surface area contributed by atoms with Crippen LogP contribution in [-0.4, -0.2) is 33.5 Å². The first-order chi connectivity index (χ1) is 7.88. The van der Waals surface area contributed by atoms with Gasteiger partial charge in [-0.3, -0.25) is 4.99 Å². The van der Waals surface area contributed by atoms with Crippen molar-refractivity contribution in [3.05, 3.63) is 36.3 Å². The van der Waals surface area contributed by atoms with Crippen molar-refractivity contribution in [3.63, 3.8) is 0 Å². The fraction of sp³-hybridized carbons (Fsp3) is 0.182. The fourth-order valence-electron chi connectivity index (χ4n) is 1.77. The topological polar surface area (TPSA) is 54.6 Å². The minimum Gasteiger partial charge on any atom is -0.368 e. The number of amidine groups is 1. The Morgan fingerprint density at radius 3 is 3.19 bits per heavy atom. The van der Waals surface area contributed by atoms with Gasteiger partial charge in [-0.2, -0.15) is 0 Å². The van der Waals surface area contributed by atoms with Crippen molar-refractivity contribution in [1.29, 1.82) is 0 Å². The number of aromatic nitrogens is 3. The summed E-state index contributed by atoms with van der Waals surface area (Å²) in [4.78, 5) is 8.78. The lowest BCUT2D eigenvalue weighted by atomic mass is 10.2. The Kier molecular flexibility index (Phi) is 1.96. The Hall–Kier alpha value is -2.17. The molecule has 1 N–H and O–H groups in total. The van der Waals surface area contributed by atoms with E-state index in [-0.39, 0.29) is 0 Å². The molecular formula is C11H11N5. The van der Waals surface area contributed by atoms with E-state index in [1.807, 2.05) is 18.3 Å². The van der Waals surface area contributed by atoms with Gasteiger partial charge < -0.3 is 5.32 Å². The van der Waals surface area contributed by atoms with Crippen LogP contribution in [0.25, 0.3) is 11.7 Å². The van der Waals surface area contributed by atoms with Crippen molar-refractivity contribution in [1.82, 2.24) is 19.9 Å². The molecule has 0 atom stereocenters. The predicted octanol–water partition coefficient (Wildman–Crippen LogP) is 0.722. The minimum atomic E-state index is 0.631. The third-order valence-electron chi connectivity index (χ3n) is 2.49. The van der Waals surface area contributed by atoms with Crippen LogP contribution in [0, 0.1) is 0 Å². The lowest BCUT2D eigenvalue weighted by molar-refractivity contribution is 0.947. The second-order valence-electron chi connectivity index (χ2n) is 3.52. The van der Waals surface area contributed by atoms with E-state index in [2.05, 4.69) is 27.0 Å². The molecule has 0 amide bonds. The van der Waals surface area contributed by atoms with Crippen LogP contribution < -0.4 is 5.32 Å². The monoisotopic (exact) mass is 213 g/mol. The van der Waals surface area contributed by atoms with E-state index in [1.165, 1.54) is 0 Å². The summed E-state index contributed by atoms with van der Waals surface area (Å²) in [6.07, 6.45) is 3.51. The zero-order valence-corrected chi connectivity index (χ0v) is 8.72. The van der Waals surface area contributed by atoms with Crippen LogP contribution in [0.4, 0.5) is 0 Å². The summed E-state index contributed by atoms with van der Waals surface area (Å²) in [6, 6.07) is 3.93. The van der Waals surface area contributed by atoms with E-state index in [1.54, 1.807) is 10.6 Å². The molecule has 80 valence electrons. The van der Waals surface area contributed by atoms with E-state index < -0.39 is 0 Å². The molecule has 0 saturated heterocycles. The number of pyridine rings is 1. The number of nitrogens with one attached hydrogen (secondary N) is 1. The lowest BCUT2D eigenvalue weighted by Gasteiger charge is -2.02. The van der Waals surface area contributed by atoms with Crippen LogP contribution in [0.15, 0.2) is 29.9 Å². The average molecular weight is 213 g/mol. The van der Waals surface area contributed by atoms with Crippen molar-refractivity contribution in [2.45, 2.75) is 0 Å². The molecule has 3 heterocycles. The molecule has 0 unspecified atom stereocenters. The van der Waals surface area contributed by atoms with Gasteiger partial charge in [0.25, 0.3) is 0 Å². The molecule has 0 aromatic carbocycles. The zero-order valence-electron chi connectivity index (χ0n) is 8.72. The Labute approximate surface area is 92.5 Å². The van der Waals surface area contributed by atoms with Crippen molar-refractivity contribution < 1.29 is 0 Å². The first-order valence-corrected chi connectivity index (χ1v) is 5.15. The molecule has 5 nitrogen and oxygen atoms in total. The molecule has 0 saturated carbocycles. The van der Waals surface area contributed by atoms with Crippen LogP contribution in [0.2, 0.25) is 0 Å². The van der Waals surface area contributed by atoms with Crippen molar-refractivity contribution >= 4 is 17.6 Å². The van der Waals surface area contributed by atoms with E-state index in [4.69, 9.17) is 0 Å². The largest absolute Gasteiger partial charge is 0.368 e. The first-order valence-electron chi connectivity index (χ1n) is 5.15. The van der Waals surface area contributed by atoms with Crippen LogP contribution in [0.5, 0.6) is 0 Å². The Balaban J connectivity index is 2.23. The normalized spacial score (nSPS) is 14.9. The quantitative estimate of drug-likeness (QED) is 0.799. The van der Waals surface area contributed by atoms with Gasteiger partial charge >= 0.3 is 0 Å². The van der Waals surface area contributed by atoms with Gasteiger partial charge in [0.2, 0.25) is 0 Å². The molecule has 1 aliphatic heterocycles. The van der Waals surface area contributed by atoms with Crippen molar-refractivity contribution in [2.24, 2.45) is 4.99 Å². The molecule has 1 aliphatic rings. The zero-order chi connectivity index (χ0) is 11.0. The third-order valence-corrected chi connectivity index (χ3v) is 2.49. The SMILES string of the molecule is C=Cc1nc2c(C3=NCCN3)cccn2n1. The minimum absolute atomic E-state index is 0.631. The summed E-state index contributed by atoms with van der Waals surface area (Å²) in [6.45, 7) is 5.38. The number of hydrogen-bond acceptors (Lipinski definition) is 4. The van der Waals surface area contributed by atoms with Gasteiger partial charge in [0.05, 0.1) is 12.1 Å². The highest BCUT2D eigenvalue weighted by molar-refractivity contribution is 6.04. The second kappa shape index (κ2) is 3.44. The van der Waals surface area contributed by atoms with Crippen molar-refractivity contribution in [3.8, 4) is 0 Å². The smallest absolute Gasteiger partial charge is 0.174 e. The van der Waals surface area contributed by atoms with Gasteiger partial charge in [-0.15, -0.1) is 5.10 Å². The summed E-state index contributed by atoms with van der Waals surface area (Å²) in [5.41, 5.74) is 1.80. The summed E-state index contributed by atoms with van der Waals surface area (Å²) in [7, 11) is 0. The van der Waals surface area contributed by atoms with E-state index in [0.717, 1.165) is 30.1 Å². The van der Waals surface area contributed by atoms with Gasteiger partial charge in [-0.05, 0) is 18.2 Å². The number of nitrogens with zero attached hydrogens (tertiary/aromatic N) is 4. The Bertz CT molecular complexity index is 581. The van der Waals surface area contributed by atoms with Gasteiger partial charge in [-0.25, -0.2) is 9.50 Å². The molecular weight excluding hydrogens is 202 g/mol. The predicted molar refractivity (Wildman–Crippen MR) is 62.5 cm³/mol. The number of hydrogen-bond donors (Lipinski definition) is 1. The second-order valence-corrected chi connectivity index (χ2v) is 3.52. The highest BCUT2D eigenvalue weighted by Gasteiger charge is 2.13. The summed E-state index contributed by atoms with van der Waals surface area (Å²) >= 11 is 0. The number of fused-ring (bicyclic) bond motifs is 1. The molecule has 0 radical (unpaired) electrons. The maximum absolute atomic E-state index is 4.39. The van der Waals surface area contributed by atoms with Gasteiger partial charge in [0.1, 0.15) is 5.84 Å². The molecule has 0 spiro atoms. The lowest BCUT2D eigenvalue weighted by Crippen LogP contribution is -2.20. The van der Waals surface area contributed by atoms with Gasteiger partial charge in [0.15, 0.2) is 11.5 Å². The molecule has 5 heteroatoms. The van der Waals surface area contributed by atoms with Crippen LogP contribution >= 0.6 is 0 Å². The molecule has 0 fully saturated rings. The highest BCUT2D eigenvalue weighted by Crippen LogP contribution is 2.11. The molecule has 16 heavy (non-hydrogen) atoms. The molecule has 0 aliphatic carbocycles. The van der Waals surface area contributed by atoms with Gasteiger partial charge in [-0.1, -0.05) is 6.58 Å². The first kappa shape index (κ1) is 9.08. The Morgan fingerprint density at radius 1 is 1.50 bits per heavy atom. The summed E-state index contributed by atoms with van der Waals surface area (Å²) in [5, 5.41) is 7.50. The molecule has 3 rings (SSSR count). The third kappa shape index (κ3) is 1.29. The average Bonchev–Trinajstić information content (AvgIpc) is 2.97. The van der Waals surface area contributed by atoms with Crippen LogP contribution in [0.1, 0.15) is 11.4 Å². The molecule has 2 aromatic heterocycles. The molecule has 2 aromatic rings. The number of rotatable bonds is 2. The van der Waals surface area contributed by atoms with E-state index in [0.29, 0.717) is 5.82 Å². The van der Waals surface area contributed by atoms with Gasteiger partial charge in [0, 0.05) is 12.7 Å². The van der Waals surface area contributed by atoms with Crippen molar-refractivity contribution in [2.75, 3.05) is 13.1 Å². The maximum atomic E-state index is 4.39. The molecule has 0 bridgehead atoms. The van der Waals surface area contributed by atoms with E-state index >= 15 is 0 Å². The van der Waals surface area contributed by atoms with Crippen LogP contribution in [0.3, 0.4) is 0 Å².